The number of likely N-dealkylation sites (tertiary alicyclic amines) is 1. The zero-order valence-corrected chi connectivity index (χ0v) is 14.7. The summed E-state index contributed by atoms with van der Waals surface area (Å²) in [6, 6.07) is 13.6. The molecule has 2 atom stereocenters. The number of halogens is 1. The van der Waals surface area contributed by atoms with E-state index in [-0.39, 0.29) is 29.5 Å². The predicted octanol–water partition coefficient (Wildman–Crippen LogP) is 3.16. The van der Waals surface area contributed by atoms with Crippen LogP contribution in [0.2, 0.25) is 0 Å². The molecule has 1 fully saturated rings. The van der Waals surface area contributed by atoms with Gasteiger partial charge in [-0.2, -0.15) is 0 Å². The maximum Gasteiger partial charge on any atom is 0.261 e. The zero-order valence-electron chi connectivity index (χ0n) is 14.7. The number of carbonyl (C=O) groups excluding carboxylic acids is 2. The molecule has 2 aromatic rings. The smallest absolute Gasteiger partial charge is 0.261 e. The van der Waals surface area contributed by atoms with E-state index in [1.54, 1.807) is 24.3 Å². The number of fused-ring (bicyclic) bond motifs is 1. The fourth-order valence-corrected chi connectivity index (χ4v) is 4.19. The van der Waals surface area contributed by atoms with E-state index < -0.39 is 0 Å². The summed E-state index contributed by atoms with van der Waals surface area (Å²) in [4.78, 5) is 29.0. The molecule has 2 aliphatic rings. The summed E-state index contributed by atoms with van der Waals surface area (Å²) in [6.07, 6.45) is 0.927. The molecule has 0 N–H and O–H groups in total. The van der Waals surface area contributed by atoms with Crippen LogP contribution in [-0.4, -0.2) is 48.3 Å². The highest BCUT2D eigenvalue weighted by atomic mass is 19.1. The summed E-state index contributed by atoms with van der Waals surface area (Å²) in [5.74, 6) is -0.343. The number of piperidine rings is 1. The summed E-state index contributed by atoms with van der Waals surface area (Å²) in [6.45, 7) is 2.13. The molecule has 0 radical (unpaired) electrons. The molecule has 2 aliphatic heterocycles. The molecule has 0 bridgehead atoms. The van der Waals surface area contributed by atoms with Gasteiger partial charge in [-0.25, -0.2) is 4.39 Å². The van der Waals surface area contributed by atoms with E-state index >= 15 is 0 Å². The summed E-state index contributed by atoms with van der Waals surface area (Å²) in [5, 5.41) is 0. The Bertz CT molecular complexity index is 814. The lowest BCUT2D eigenvalue weighted by atomic mass is 9.80. The second kappa shape index (κ2) is 6.65. The van der Waals surface area contributed by atoms with Crippen molar-refractivity contribution in [3.63, 3.8) is 0 Å². The average molecular weight is 352 g/mol. The normalized spacial score (nSPS) is 23.4. The van der Waals surface area contributed by atoms with Crippen LogP contribution in [0.5, 0.6) is 0 Å². The van der Waals surface area contributed by atoms with Crippen LogP contribution in [0.15, 0.2) is 48.5 Å². The zero-order chi connectivity index (χ0) is 18.3. The molecule has 4 rings (SSSR count). The largest absolute Gasteiger partial charge is 0.306 e. The molecule has 2 aromatic carbocycles. The second-order valence-electron chi connectivity index (χ2n) is 7.24. The third-order valence-electron chi connectivity index (χ3n) is 5.53. The second-order valence-corrected chi connectivity index (χ2v) is 7.24. The first-order valence-electron chi connectivity index (χ1n) is 8.94. The van der Waals surface area contributed by atoms with Crippen molar-refractivity contribution >= 4 is 11.8 Å². The summed E-state index contributed by atoms with van der Waals surface area (Å²) >= 11 is 0. The molecular weight excluding hydrogens is 331 g/mol. The Kier molecular flexibility index (Phi) is 4.32. The van der Waals surface area contributed by atoms with Crippen molar-refractivity contribution in [1.82, 2.24) is 9.80 Å². The van der Waals surface area contributed by atoms with Crippen LogP contribution in [0.25, 0.3) is 0 Å². The van der Waals surface area contributed by atoms with Crippen LogP contribution in [0.4, 0.5) is 4.39 Å². The van der Waals surface area contributed by atoms with E-state index in [0.29, 0.717) is 17.7 Å². The maximum atomic E-state index is 13.3. The van der Waals surface area contributed by atoms with Crippen LogP contribution in [0, 0.1) is 11.7 Å². The van der Waals surface area contributed by atoms with Crippen molar-refractivity contribution in [3.8, 4) is 0 Å². The lowest BCUT2D eigenvalue weighted by molar-refractivity contribution is 0.0583. The Balaban J connectivity index is 1.59. The highest BCUT2D eigenvalue weighted by molar-refractivity contribution is 6.21. The van der Waals surface area contributed by atoms with Gasteiger partial charge in [0.2, 0.25) is 0 Å². The van der Waals surface area contributed by atoms with Crippen LogP contribution in [0.1, 0.15) is 38.6 Å². The number of amides is 2. The summed E-state index contributed by atoms with van der Waals surface area (Å²) in [5.41, 5.74) is 2.04. The standard InChI is InChI=1S/C21H21FN2O2/c1-23-11-10-17(14-6-8-16(22)9-7-14)15(12-23)13-24-20(25)18-4-2-3-5-19(18)21(24)26/h2-9,15,17H,10-13H2,1H3/t15-,17-/m1/s1. The Morgan fingerprint density at radius 2 is 1.62 bits per heavy atom. The van der Waals surface area contributed by atoms with E-state index in [2.05, 4.69) is 11.9 Å². The third-order valence-corrected chi connectivity index (χ3v) is 5.53. The molecule has 2 heterocycles. The van der Waals surface area contributed by atoms with Gasteiger partial charge in [0.15, 0.2) is 0 Å². The number of benzene rings is 2. The lowest BCUT2D eigenvalue weighted by Gasteiger charge is -2.38. The Hall–Kier alpha value is -2.53. The van der Waals surface area contributed by atoms with E-state index in [9.17, 15) is 14.0 Å². The number of rotatable bonds is 3. The third kappa shape index (κ3) is 2.92. The topological polar surface area (TPSA) is 40.6 Å². The molecule has 5 heteroatoms. The number of hydrogen-bond acceptors (Lipinski definition) is 3. The van der Waals surface area contributed by atoms with Gasteiger partial charge in [0, 0.05) is 13.1 Å². The number of carbonyl (C=O) groups is 2. The Labute approximate surface area is 152 Å². The predicted molar refractivity (Wildman–Crippen MR) is 96.6 cm³/mol. The Morgan fingerprint density at radius 3 is 2.23 bits per heavy atom. The quantitative estimate of drug-likeness (QED) is 0.797. The molecule has 134 valence electrons. The van der Waals surface area contributed by atoms with Gasteiger partial charge >= 0.3 is 0 Å². The van der Waals surface area contributed by atoms with Gasteiger partial charge in [-0.15, -0.1) is 0 Å². The molecule has 0 spiro atoms. The first-order chi connectivity index (χ1) is 12.5. The van der Waals surface area contributed by atoms with Crippen LogP contribution in [0.3, 0.4) is 0 Å². The summed E-state index contributed by atoms with van der Waals surface area (Å²) in [7, 11) is 2.05. The number of hydrogen-bond donors (Lipinski definition) is 0. The van der Waals surface area contributed by atoms with Crippen molar-refractivity contribution < 1.29 is 14.0 Å². The minimum atomic E-state index is -0.251. The van der Waals surface area contributed by atoms with Crippen molar-refractivity contribution in [2.24, 2.45) is 5.92 Å². The molecule has 0 aromatic heterocycles. The molecule has 0 saturated carbocycles. The van der Waals surface area contributed by atoms with Gasteiger partial charge in [0.25, 0.3) is 11.8 Å². The minimum absolute atomic E-state index is 0.126. The van der Waals surface area contributed by atoms with E-state index in [1.165, 1.54) is 17.0 Å². The van der Waals surface area contributed by atoms with Gasteiger partial charge in [-0.1, -0.05) is 24.3 Å². The van der Waals surface area contributed by atoms with E-state index in [4.69, 9.17) is 0 Å². The molecule has 2 amide bonds. The van der Waals surface area contributed by atoms with Crippen molar-refractivity contribution in [1.29, 1.82) is 0 Å². The lowest BCUT2D eigenvalue weighted by Crippen LogP contribution is -2.44. The monoisotopic (exact) mass is 352 g/mol. The molecule has 4 nitrogen and oxygen atoms in total. The van der Waals surface area contributed by atoms with Crippen LogP contribution < -0.4 is 0 Å². The van der Waals surface area contributed by atoms with Gasteiger partial charge in [0.1, 0.15) is 5.82 Å². The number of imide groups is 1. The highest BCUT2D eigenvalue weighted by Crippen LogP contribution is 2.35. The Morgan fingerprint density at radius 1 is 1.00 bits per heavy atom. The van der Waals surface area contributed by atoms with Crippen molar-refractivity contribution in [2.45, 2.75) is 12.3 Å². The van der Waals surface area contributed by atoms with E-state index in [0.717, 1.165) is 25.1 Å². The highest BCUT2D eigenvalue weighted by Gasteiger charge is 2.39. The van der Waals surface area contributed by atoms with Crippen LogP contribution in [-0.2, 0) is 0 Å². The molecule has 0 aliphatic carbocycles. The van der Waals surface area contributed by atoms with E-state index in [1.807, 2.05) is 12.1 Å². The van der Waals surface area contributed by atoms with Crippen molar-refractivity contribution in [3.05, 3.63) is 71.0 Å². The molecule has 1 saturated heterocycles. The molecule has 26 heavy (non-hydrogen) atoms. The molecule has 0 unspecified atom stereocenters. The SMILES string of the molecule is CN1CC[C@H](c2ccc(F)cc2)[C@@H](CN2C(=O)c3ccccc3C2=O)C1. The van der Waals surface area contributed by atoms with Gasteiger partial charge < -0.3 is 4.90 Å². The van der Waals surface area contributed by atoms with Crippen LogP contribution >= 0.6 is 0 Å². The summed E-state index contributed by atoms with van der Waals surface area (Å²) < 4.78 is 13.3. The molecular formula is C21H21FN2O2. The fraction of sp³-hybridized carbons (Fsp3) is 0.333. The average Bonchev–Trinajstić information content (AvgIpc) is 2.88. The number of nitrogens with zero attached hydrogens (tertiary/aromatic N) is 2. The maximum absolute atomic E-state index is 13.3. The van der Waals surface area contributed by atoms with Crippen molar-refractivity contribution in [2.75, 3.05) is 26.7 Å². The fourth-order valence-electron chi connectivity index (χ4n) is 4.19. The first-order valence-corrected chi connectivity index (χ1v) is 8.94. The first kappa shape index (κ1) is 16.9. The minimum Gasteiger partial charge on any atom is -0.306 e. The van der Waals surface area contributed by atoms with Gasteiger partial charge in [0.05, 0.1) is 11.1 Å². The van der Waals surface area contributed by atoms with Gasteiger partial charge in [-0.3, -0.25) is 14.5 Å². The van der Waals surface area contributed by atoms with Gasteiger partial charge in [-0.05, 0) is 61.7 Å².